The van der Waals surface area contributed by atoms with Gasteiger partial charge in [-0.1, -0.05) is 66.7 Å². The first kappa shape index (κ1) is 18.6. The number of benzene rings is 3. The molecule has 0 N–H and O–H groups in total. The van der Waals surface area contributed by atoms with Gasteiger partial charge >= 0.3 is 0 Å². The van der Waals surface area contributed by atoms with Crippen LogP contribution in [0.3, 0.4) is 0 Å². The highest BCUT2D eigenvalue weighted by atomic mass is 16.1. The van der Waals surface area contributed by atoms with Gasteiger partial charge in [-0.25, -0.2) is 4.98 Å². The monoisotopic (exact) mass is 395 g/mol. The number of nitrogens with zero attached hydrogens (tertiary/aromatic N) is 3. The molecule has 0 saturated carbocycles. The second-order valence-corrected chi connectivity index (χ2v) is 8.04. The second-order valence-electron chi connectivity index (χ2n) is 8.04. The van der Waals surface area contributed by atoms with E-state index in [1.165, 1.54) is 16.3 Å². The van der Waals surface area contributed by atoms with Gasteiger partial charge < -0.3 is 9.47 Å². The standard InChI is InChI=1S/C26H25N3O/c30-26-25(28-15-12-23(13-16-28)21-6-2-1-3-7-21)27-14-17-29(26)19-20-10-11-22-8-4-5-9-24(22)18-20/h1-11,14,17-18,23H,12-13,15-16,19H2. The number of hydrogen-bond donors (Lipinski definition) is 0. The largest absolute Gasteiger partial charge is 0.352 e. The van der Waals surface area contributed by atoms with Gasteiger partial charge in [-0.3, -0.25) is 4.79 Å². The molecule has 1 aliphatic rings. The molecule has 0 unspecified atom stereocenters. The maximum Gasteiger partial charge on any atom is 0.293 e. The summed E-state index contributed by atoms with van der Waals surface area (Å²) < 4.78 is 1.77. The van der Waals surface area contributed by atoms with Crippen LogP contribution in [0.1, 0.15) is 29.9 Å². The summed E-state index contributed by atoms with van der Waals surface area (Å²) in [4.78, 5) is 19.7. The molecule has 1 aromatic heterocycles. The fourth-order valence-electron chi connectivity index (χ4n) is 4.46. The van der Waals surface area contributed by atoms with E-state index < -0.39 is 0 Å². The summed E-state index contributed by atoms with van der Waals surface area (Å²) in [5, 5.41) is 2.41. The first-order chi connectivity index (χ1) is 14.8. The van der Waals surface area contributed by atoms with E-state index in [1.54, 1.807) is 17.0 Å². The third-order valence-corrected chi connectivity index (χ3v) is 6.13. The fraction of sp³-hybridized carbons (Fsp3) is 0.231. The molecule has 0 atom stereocenters. The molecule has 150 valence electrons. The van der Waals surface area contributed by atoms with Crippen molar-refractivity contribution in [2.45, 2.75) is 25.3 Å². The number of aromatic nitrogens is 2. The zero-order valence-corrected chi connectivity index (χ0v) is 16.9. The average Bonchev–Trinajstić information content (AvgIpc) is 2.81. The molecule has 0 aliphatic carbocycles. The van der Waals surface area contributed by atoms with E-state index in [9.17, 15) is 4.79 Å². The topological polar surface area (TPSA) is 38.1 Å². The molecule has 0 radical (unpaired) electrons. The average molecular weight is 396 g/mol. The minimum atomic E-state index is -0.0104. The Morgan fingerprint density at radius 1 is 0.867 bits per heavy atom. The molecular weight excluding hydrogens is 370 g/mol. The third kappa shape index (κ3) is 3.73. The van der Waals surface area contributed by atoms with E-state index in [0.717, 1.165) is 31.5 Å². The van der Waals surface area contributed by atoms with Crippen molar-refractivity contribution in [2.24, 2.45) is 0 Å². The first-order valence-corrected chi connectivity index (χ1v) is 10.6. The number of piperidine rings is 1. The number of hydrogen-bond acceptors (Lipinski definition) is 3. The van der Waals surface area contributed by atoms with Crippen LogP contribution in [-0.4, -0.2) is 22.6 Å². The predicted molar refractivity (Wildman–Crippen MR) is 122 cm³/mol. The number of rotatable bonds is 4. The molecule has 2 heterocycles. The van der Waals surface area contributed by atoms with E-state index in [-0.39, 0.29) is 5.56 Å². The molecule has 30 heavy (non-hydrogen) atoms. The lowest BCUT2D eigenvalue weighted by Crippen LogP contribution is -2.38. The summed E-state index contributed by atoms with van der Waals surface area (Å²) in [6.45, 7) is 2.28. The van der Waals surface area contributed by atoms with Gasteiger partial charge in [0.15, 0.2) is 5.82 Å². The molecule has 1 saturated heterocycles. The Morgan fingerprint density at radius 3 is 2.40 bits per heavy atom. The van der Waals surface area contributed by atoms with Crippen LogP contribution in [0, 0.1) is 0 Å². The van der Waals surface area contributed by atoms with Crippen LogP contribution < -0.4 is 10.5 Å². The quantitative estimate of drug-likeness (QED) is 0.497. The van der Waals surface area contributed by atoms with Crippen molar-refractivity contribution in [3.63, 3.8) is 0 Å². The Kier molecular flexibility index (Phi) is 5.06. The molecule has 0 amide bonds. The van der Waals surface area contributed by atoms with Gasteiger partial charge in [0.1, 0.15) is 0 Å². The van der Waals surface area contributed by atoms with Crippen LogP contribution in [0.2, 0.25) is 0 Å². The molecule has 5 rings (SSSR count). The first-order valence-electron chi connectivity index (χ1n) is 10.6. The smallest absolute Gasteiger partial charge is 0.293 e. The molecular formula is C26H25N3O. The Morgan fingerprint density at radius 2 is 1.60 bits per heavy atom. The number of fused-ring (bicyclic) bond motifs is 1. The summed E-state index contributed by atoms with van der Waals surface area (Å²) in [5.41, 5.74) is 2.51. The summed E-state index contributed by atoms with van der Waals surface area (Å²) >= 11 is 0. The Balaban J connectivity index is 1.34. The summed E-state index contributed by atoms with van der Waals surface area (Å²) in [6, 6.07) is 25.4. The lowest BCUT2D eigenvalue weighted by molar-refractivity contribution is 0.500. The Labute approximate surface area is 176 Å². The maximum absolute atomic E-state index is 13.1. The van der Waals surface area contributed by atoms with E-state index in [0.29, 0.717) is 18.3 Å². The summed E-state index contributed by atoms with van der Waals surface area (Å²) in [5.74, 6) is 1.13. The van der Waals surface area contributed by atoms with E-state index in [4.69, 9.17) is 0 Å². The van der Waals surface area contributed by atoms with Crippen molar-refractivity contribution in [1.82, 2.24) is 9.55 Å². The zero-order chi connectivity index (χ0) is 20.3. The van der Waals surface area contributed by atoms with Crippen LogP contribution in [0.15, 0.2) is 90.0 Å². The van der Waals surface area contributed by atoms with Crippen molar-refractivity contribution in [1.29, 1.82) is 0 Å². The van der Waals surface area contributed by atoms with Crippen LogP contribution in [-0.2, 0) is 6.54 Å². The van der Waals surface area contributed by atoms with Gasteiger partial charge in [0.2, 0.25) is 0 Å². The second kappa shape index (κ2) is 8.15. The number of anilines is 1. The normalized spacial score (nSPS) is 14.9. The Hall–Kier alpha value is -3.40. The fourth-order valence-corrected chi connectivity index (χ4v) is 4.46. The van der Waals surface area contributed by atoms with E-state index in [2.05, 4.69) is 70.5 Å². The highest BCUT2D eigenvalue weighted by Crippen LogP contribution is 2.28. The van der Waals surface area contributed by atoms with Crippen LogP contribution in [0.4, 0.5) is 5.82 Å². The van der Waals surface area contributed by atoms with Crippen molar-refractivity contribution in [2.75, 3.05) is 18.0 Å². The summed E-state index contributed by atoms with van der Waals surface area (Å²) in [7, 11) is 0. The zero-order valence-electron chi connectivity index (χ0n) is 16.9. The molecule has 3 aromatic carbocycles. The van der Waals surface area contributed by atoms with Gasteiger partial charge in [0, 0.05) is 25.5 Å². The molecule has 4 aromatic rings. The third-order valence-electron chi connectivity index (χ3n) is 6.13. The lowest BCUT2D eigenvalue weighted by Gasteiger charge is -2.32. The highest BCUT2D eigenvalue weighted by molar-refractivity contribution is 5.82. The van der Waals surface area contributed by atoms with E-state index in [1.807, 2.05) is 12.1 Å². The van der Waals surface area contributed by atoms with Crippen LogP contribution in [0.25, 0.3) is 10.8 Å². The van der Waals surface area contributed by atoms with Crippen LogP contribution >= 0.6 is 0 Å². The van der Waals surface area contributed by atoms with Crippen molar-refractivity contribution in [3.8, 4) is 0 Å². The van der Waals surface area contributed by atoms with Gasteiger partial charge in [-0.05, 0) is 46.7 Å². The predicted octanol–water partition coefficient (Wildman–Crippen LogP) is 4.83. The molecule has 4 nitrogen and oxygen atoms in total. The van der Waals surface area contributed by atoms with Crippen molar-refractivity contribution in [3.05, 3.63) is 107 Å². The lowest BCUT2D eigenvalue weighted by atomic mass is 9.89. The highest BCUT2D eigenvalue weighted by Gasteiger charge is 2.23. The maximum atomic E-state index is 13.1. The van der Waals surface area contributed by atoms with E-state index >= 15 is 0 Å². The van der Waals surface area contributed by atoms with Crippen LogP contribution in [0.5, 0.6) is 0 Å². The molecule has 4 heteroatoms. The van der Waals surface area contributed by atoms with Gasteiger partial charge in [0.05, 0.1) is 6.54 Å². The Bertz CT molecular complexity index is 1210. The van der Waals surface area contributed by atoms with Gasteiger partial charge in [0.25, 0.3) is 5.56 Å². The van der Waals surface area contributed by atoms with Crippen molar-refractivity contribution >= 4 is 16.6 Å². The van der Waals surface area contributed by atoms with Crippen molar-refractivity contribution < 1.29 is 0 Å². The molecule has 1 aliphatic heterocycles. The van der Waals surface area contributed by atoms with Gasteiger partial charge in [-0.2, -0.15) is 0 Å². The minimum absolute atomic E-state index is 0.0104. The minimum Gasteiger partial charge on any atom is -0.352 e. The van der Waals surface area contributed by atoms with Gasteiger partial charge in [-0.15, -0.1) is 0 Å². The molecule has 0 spiro atoms. The molecule has 0 bridgehead atoms. The SMILES string of the molecule is O=c1c(N2CCC(c3ccccc3)CC2)nccn1Cc1ccc2ccccc2c1. The summed E-state index contributed by atoms with van der Waals surface area (Å²) in [6.07, 6.45) is 5.63. The molecule has 1 fully saturated rings.